The van der Waals surface area contributed by atoms with Crippen LogP contribution in [0.5, 0.6) is 0 Å². The lowest BCUT2D eigenvalue weighted by Crippen LogP contribution is -2.43. The number of pyridine rings is 1. The molecule has 1 aliphatic rings. The van der Waals surface area contributed by atoms with E-state index in [4.69, 9.17) is 4.74 Å². The highest BCUT2D eigenvalue weighted by atomic mass is 127. The van der Waals surface area contributed by atoms with Crippen molar-refractivity contribution in [3.05, 3.63) is 40.8 Å². The van der Waals surface area contributed by atoms with Gasteiger partial charge in [-0.3, -0.25) is 9.67 Å². The summed E-state index contributed by atoms with van der Waals surface area (Å²) < 4.78 is 7.41. The van der Waals surface area contributed by atoms with Gasteiger partial charge in [0.1, 0.15) is 5.82 Å². The van der Waals surface area contributed by atoms with Crippen LogP contribution in [-0.4, -0.2) is 60.1 Å². The minimum atomic E-state index is 0. The van der Waals surface area contributed by atoms with Crippen LogP contribution in [0.25, 0.3) is 0 Å². The normalized spacial score (nSPS) is 15.5. The lowest BCUT2D eigenvalue weighted by atomic mass is 10.1. The third-order valence-corrected chi connectivity index (χ3v) is 5.40. The summed E-state index contributed by atoms with van der Waals surface area (Å²) in [4.78, 5) is 11.3. The average Bonchev–Trinajstić information content (AvgIpc) is 2.98. The summed E-state index contributed by atoms with van der Waals surface area (Å²) in [7, 11) is 3.79. The molecule has 8 nitrogen and oxygen atoms in total. The minimum absolute atomic E-state index is 0. The van der Waals surface area contributed by atoms with Crippen LogP contribution in [0.15, 0.2) is 23.3 Å². The van der Waals surface area contributed by atoms with Crippen molar-refractivity contribution in [3.63, 3.8) is 0 Å². The van der Waals surface area contributed by atoms with Crippen molar-refractivity contribution in [1.82, 2.24) is 25.4 Å². The largest absolute Gasteiger partial charge is 0.378 e. The Morgan fingerprint density at radius 2 is 2.03 bits per heavy atom. The van der Waals surface area contributed by atoms with E-state index in [9.17, 15) is 0 Å². The predicted molar refractivity (Wildman–Crippen MR) is 132 cm³/mol. The number of nitrogens with one attached hydrogen (secondary N) is 2. The SMILES string of the molecule is CN=C(NCc1cccnc1N1CCOCC1)NC(C)Cc1c(C)nn(C)c1C.I. The maximum Gasteiger partial charge on any atom is 0.191 e. The van der Waals surface area contributed by atoms with E-state index in [0.717, 1.165) is 55.8 Å². The summed E-state index contributed by atoms with van der Waals surface area (Å²) in [5.41, 5.74) is 4.76. The number of aromatic nitrogens is 3. The van der Waals surface area contributed by atoms with Crippen LogP contribution in [0, 0.1) is 13.8 Å². The zero-order valence-corrected chi connectivity index (χ0v) is 20.9. The fourth-order valence-corrected chi connectivity index (χ4v) is 3.71. The number of rotatable bonds is 6. The van der Waals surface area contributed by atoms with Crippen LogP contribution in [0.3, 0.4) is 0 Å². The third-order valence-electron chi connectivity index (χ3n) is 5.40. The number of ether oxygens (including phenoxy) is 1. The first-order valence-electron chi connectivity index (χ1n) is 10.2. The summed E-state index contributed by atoms with van der Waals surface area (Å²) in [5, 5.41) is 11.4. The van der Waals surface area contributed by atoms with E-state index in [1.807, 2.05) is 24.0 Å². The molecule has 3 rings (SSSR count). The van der Waals surface area contributed by atoms with Crippen LogP contribution >= 0.6 is 24.0 Å². The zero-order chi connectivity index (χ0) is 20.8. The number of anilines is 1. The second-order valence-electron chi connectivity index (χ2n) is 7.53. The second-order valence-corrected chi connectivity index (χ2v) is 7.53. The highest BCUT2D eigenvalue weighted by molar-refractivity contribution is 14.0. The summed E-state index contributed by atoms with van der Waals surface area (Å²) in [5.74, 6) is 1.81. The van der Waals surface area contributed by atoms with Crippen molar-refractivity contribution in [1.29, 1.82) is 0 Å². The number of hydrogen-bond donors (Lipinski definition) is 2. The molecule has 9 heteroatoms. The Morgan fingerprint density at radius 1 is 1.30 bits per heavy atom. The summed E-state index contributed by atoms with van der Waals surface area (Å²) in [6.07, 6.45) is 2.75. The predicted octanol–water partition coefficient (Wildman–Crippen LogP) is 2.18. The molecule has 1 saturated heterocycles. The molecule has 0 saturated carbocycles. The summed E-state index contributed by atoms with van der Waals surface area (Å²) in [6.45, 7) is 10.3. The van der Waals surface area contributed by atoms with Crippen molar-refractivity contribution >= 4 is 35.8 Å². The quantitative estimate of drug-likeness (QED) is 0.341. The molecule has 0 aliphatic carbocycles. The Balaban J connectivity index is 0.00000320. The topological polar surface area (TPSA) is 79.6 Å². The van der Waals surface area contributed by atoms with Crippen molar-refractivity contribution in [3.8, 4) is 0 Å². The fourth-order valence-electron chi connectivity index (χ4n) is 3.71. The van der Waals surface area contributed by atoms with Gasteiger partial charge in [0.25, 0.3) is 0 Å². The number of aliphatic imine (C=N–C) groups is 1. The van der Waals surface area contributed by atoms with Gasteiger partial charge in [-0.15, -0.1) is 24.0 Å². The molecule has 2 aromatic rings. The van der Waals surface area contributed by atoms with E-state index < -0.39 is 0 Å². The lowest BCUT2D eigenvalue weighted by molar-refractivity contribution is 0.122. The Kier molecular flexibility index (Phi) is 9.35. The number of aryl methyl sites for hydroxylation is 2. The fraction of sp³-hybridized carbons (Fsp3) is 0.571. The molecular weight excluding hydrogens is 493 g/mol. The van der Waals surface area contributed by atoms with Crippen LogP contribution < -0.4 is 15.5 Å². The van der Waals surface area contributed by atoms with Crippen LogP contribution in [-0.2, 0) is 24.8 Å². The number of hydrogen-bond acceptors (Lipinski definition) is 5. The average molecular weight is 527 g/mol. The monoisotopic (exact) mass is 527 g/mol. The van der Waals surface area contributed by atoms with E-state index in [2.05, 4.69) is 57.4 Å². The van der Waals surface area contributed by atoms with E-state index in [0.29, 0.717) is 6.54 Å². The van der Waals surface area contributed by atoms with Crippen molar-refractivity contribution in [2.45, 2.75) is 39.8 Å². The Bertz CT molecular complexity index is 846. The van der Waals surface area contributed by atoms with E-state index in [-0.39, 0.29) is 30.0 Å². The number of guanidine groups is 1. The molecule has 30 heavy (non-hydrogen) atoms. The molecule has 1 aliphatic heterocycles. The van der Waals surface area contributed by atoms with Gasteiger partial charge in [-0.2, -0.15) is 5.10 Å². The highest BCUT2D eigenvalue weighted by Gasteiger charge is 2.17. The van der Waals surface area contributed by atoms with Crippen LogP contribution in [0.1, 0.15) is 29.4 Å². The Morgan fingerprint density at radius 3 is 2.67 bits per heavy atom. The molecule has 0 amide bonds. The third kappa shape index (κ3) is 6.07. The van der Waals surface area contributed by atoms with Crippen molar-refractivity contribution in [2.24, 2.45) is 12.0 Å². The Hall–Kier alpha value is -1.88. The summed E-state index contributed by atoms with van der Waals surface area (Å²) in [6, 6.07) is 4.33. The zero-order valence-electron chi connectivity index (χ0n) is 18.6. The first-order valence-corrected chi connectivity index (χ1v) is 10.2. The van der Waals surface area contributed by atoms with E-state index in [1.54, 1.807) is 7.05 Å². The van der Waals surface area contributed by atoms with E-state index in [1.165, 1.54) is 11.3 Å². The van der Waals surface area contributed by atoms with Gasteiger partial charge in [0.05, 0.1) is 18.9 Å². The maximum atomic E-state index is 5.47. The molecule has 166 valence electrons. The molecule has 2 aromatic heterocycles. The van der Waals surface area contributed by atoms with E-state index >= 15 is 0 Å². The second kappa shape index (κ2) is 11.5. The first-order chi connectivity index (χ1) is 14.0. The van der Waals surface area contributed by atoms with Crippen molar-refractivity contribution in [2.75, 3.05) is 38.3 Å². The minimum Gasteiger partial charge on any atom is -0.378 e. The van der Waals surface area contributed by atoms with Gasteiger partial charge in [-0.25, -0.2) is 4.98 Å². The summed E-state index contributed by atoms with van der Waals surface area (Å²) >= 11 is 0. The molecule has 1 unspecified atom stereocenters. The van der Waals surface area contributed by atoms with Crippen LogP contribution in [0.4, 0.5) is 5.82 Å². The number of nitrogens with zero attached hydrogens (tertiary/aromatic N) is 5. The van der Waals surface area contributed by atoms with Crippen LogP contribution in [0.2, 0.25) is 0 Å². The van der Waals surface area contributed by atoms with Crippen molar-refractivity contribution < 1.29 is 4.74 Å². The number of morpholine rings is 1. The standard InChI is InChI=1S/C21H33N7O.HI/c1-15(13-19-16(2)26-27(5)17(19)3)25-21(22-4)24-14-18-7-6-8-23-20(18)28-9-11-29-12-10-28;/h6-8,15H,9-14H2,1-5H3,(H2,22,24,25);1H. The molecule has 0 radical (unpaired) electrons. The van der Waals surface area contributed by atoms with Gasteiger partial charge >= 0.3 is 0 Å². The van der Waals surface area contributed by atoms with Gasteiger partial charge < -0.3 is 20.3 Å². The van der Waals surface area contributed by atoms with Gasteiger partial charge in [0.2, 0.25) is 0 Å². The molecule has 0 spiro atoms. The van der Waals surface area contributed by atoms with Gasteiger partial charge in [-0.1, -0.05) is 6.07 Å². The molecule has 1 atom stereocenters. The lowest BCUT2D eigenvalue weighted by Gasteiger charge is -2.29. The Labute approximate surface area is 196 Å². The van der Waals surface area contributed by atoms with Gasteiger partial charge in [0, 0.05) is 57.2 Å². The first kappa shape index (κ1) is 24.4. The molecule has 3 heterocycles. The maximum absolute atomic E-state index is 5.47. The smallest absolute Gasteiger partial charge is 0.191 e. The molecule has 2 N–H and O–H groups in total. The number of halogens is 1. The van der Waals surface area contributed by atoms with Gasteiger partial charge in [0.15, 0.2) is 5.96 Å². The molecule has 0 bridgehead atoms. The highest BCUT2D eigenvalue weighted by Crippen LogP contribution is 2.18. The molecule has 1 fully saturated rings. The molecule has 0 aromatic carbocycles. The molecular formula is C21H34IN7O. The van der Waals surface area contributed by atoms with Gasteiger partial charge in [-0.05, 0) is 38.8 Å².